The van der Waals surface area contributed by atoms with Gasteiger partial charge in [-0.3, -0.25) is 0 Å². The summed E-state index contributed by atoms with van der Waals surface area (Å²) in [7, 11) is 1.61. The first-order valence-electron chi connectivity index (χ1n) is 2.68. The number of ether oxygens (including phenoxy) is 1. The minimum atomic E-state index is -0.0608. The molecule has 0 rings (SSSR count). The zero-order chi connectivity index (χ0) is 7.11. The van der Waals surface area contributed by atoms with E-state index in [1.54, 1.807) is 7.11 Å². The van der Waals surface area contributed by atoms with Crippen LogP contribution in [0.1, 0.15) is 6.92 Å². The van der Waals surface area contributed by atoms with E-state index in [9.17, 15) is 0 Å². The average Bonchev–Trinajstić information content (AvgIpc) is 1.80. The molecule has 1 unspecified atom stereocenters. The number of alkyl halides is 1. The maximum atomic E-state index is 4.70. The maximum absolute atomic E-state index is 4.70. The summed E-state index contributed by atoms with van der Waals surface area (Å²) in [6.45, 7) is 2.85. The molecule has 0 fully saturated rings. The molecule has 0 heterocycles. The summed E-state index contributed by atoms with van der Waals surface area (Å²) < 4.78 is 4.70. The third kappa shape index (κ3) is 8.36. The monoisotopic (exact) mass is 198 g/mol. The van der Waals surface area contributed by atoms with Crippen molar-refractivity contribution in [1.29, 1.82) is 0 Å². The molecule has 0 saturated carbocycles. The molecule has 0 saturated heterocycles. The van der Waals surface area contributed by atoms with Crippen LogP contribution >= 0.6 is 15.9 Å². The highest BCUT2D eigenvalue weighted by Crippen LogP contribution is 1.98. The van der Waals surface area contributed by atoms with Gasteiger partial charge in [0.1, 0.15) is 11.6 Å². The van der Waals surface area contributed by atoms with Crippen molar-refractivity contribution in [1.82, 2.24) is 0 Å². The first-order chi connectivity index (χ1) is 4.27. The summed E-state index contributed by atoms with van der Waals surface area (Å²) in [6, 6.07) is 0. The van der Waals surface area contributed by atoms with E-state index < -0.39 is 0 Å². The first kappa shape index (κ1) is 9.36. The second-order valence-corrected chi connectivity index (χ2v) is 2.74. The van der Waals surface area contributed by atoms with Gasteiger partial charge in [0.25, 0.3) is 0 Å². The van der Waals surface area contributed by atoms with E-state index in [1.807, 2.05) is 6.92 Å². The van der Waals surface area contributed by atoms with Gasteiger partial charge >= 0.3 is 0 Å². The Morgan fingerprint density at radius 3 is 2.56 bits per heavy atom. The summed E-state index contributed by atoms with van der Waals surface area (Å²) >= 11 is 3.14. The molecule has 56 valence electrons. The Hall–Kier alpha value is 0.360. The molecule has 0 aliphatic rings. The molecule has 0 amide bonds. The normalized spacial score (nSPS) is 13.7. The highest BCUT2D eigenvalue weighted by Gasteiger charge is 1.93. The van der Waals surface area contributed by atoms with Crippen LogP contribution in [0, 0.1) is 0 Å². The van der Waals surface area contributed by atoms with Crippen LogP contribution in [0.4, 0.5) is 0 Å². The molecular formula is C5H11BrO3. The fourth-order valence-electron chi connectivity index (χ4n) is 0.259. The van der Waals surface area contributed by atoms with E-state index in [-0.39, 0.29) is 5.01 Å². The zero-order valence-electron chi connectivity index (χ0n) is 5.59. The van der Waals surface area contributed by atoms with Gasteiger partial charge in [-0.05, 0) is 6.92 Å². The predicted octanol–water partition coefficient (Wildman–Crippen LogP) is 1.32. The van der Waals surface area contributed by atoms with Crippen LogP contribution in [0.25, 0.3) is 0 Å². The van der Waals surface area contributed by atoms with Gasteiger partial charge in [-0.2, -0.15) is 0 Å². The van der Waals surface area contributed by atoms with Crippen molar-refractivity contribution in [3.63, 3.8) is 0 Å². The molecule has 0 aromatic rings. The quantitative estimate of drug-likeness (QED) is 0.289. The average molecular weight is 199 g/mol. The van der Waals surface area contributed by atoms with Crippen LogP contribution in [0.3, 0.4) is 0 Å². The van der Waals surface area contributed by atoms with Gasteiger partial charge in [-0.1, -0.05) is 15.9 Å². The molecule has 0 N–H and O–H groups in total. The number of hydrogen-bond acceptors (Lipinski definition) is 3. The standard InChI is InChI=1S/C5H11BrO3/c1-5(6)9-8-4-3-7-2/h5H,3-4H2,1-2H3. The van der Waals surface area contributed by atoms with Gasteiger partial charge < -0.3 is 4.74 Å². The van der Waals surface area contributed by atoms with Gasteiger partial charge in [0.15, 0.2) is 0 Å². The molecule has 0 radical (unpaired) electrons. The number of rotatable bonds is 5. The highest BCUT2D eigenvalue weighted by atomic mass is 79.9. The molecule has 4 heteroatoms. The van der Waals surface area contributed by atoms with Crippen molar-refractivity contribution in [2.75, 3.05) is 20.3 Å². The SMILES string of the molecule is COCCOOC(C)Br. The number of halogens is 1. The van der Waals surface area contributed by atoms with E-state index in [2.05, 4.69) is 25.7 Å². The fourth-order valence-corrected chi connectivity index (χ4v) is 0.367. The Kier molecular flexibility index (Phi) is 6.74. The zero-order valence-corrected chi connectivity index (χ0v) is 7.18. The Labute approximate surface area is 63.3 Å². The molecule has 0 aromatic carbocycles. The van der Waals surface area contributed by atoms with Gasteiger partial charge in [0.2, 0.25) is 0 Å². The van der Waals surface area contributed by atoms with E-state index in [4.69, 9.17) is 4.74 Å². The second-order valence-electron chi connectivity index (χ2n) is 1.45. The smallest absolute Gasteiger partial charge is 0.145 e. The lowest BCUT2D eigenvalue weighted by Gasteiger charge is -2.03. The topological polar surface area (TPSA) is 27.7 Å². The largest absolute Gasteiger partial charge is 0.382 e. The Bertz CT molecular complexity index is 58.2. The molecule has 0 bridgehead atoms. The summed E-state index contributed by atoms with van der Waals surface area (Å²) in [4.78, 5) is 9.34. The number of methoxy groups -OCH3 is 1. The van der Waals surface area contributed by atoms with Gasteiger partial charge in [-0.15, -0.1) is 0 Å². The van der Waals surface area contributed by atoms with Crippen LogP contribution in [0.5, 0.6) is 0 Å². The molecule has 9 heavy (non-hydrogen) atoms. The molecule has 0 aliphatic heterocycles. The van der Waals surface area contributed by atoms with Crippen LogP contribution < -0.4 is 0 Å². The van der Waals surface area contributed by atoms with E-state index in [0.717, 1.165) is 0 Å². The Morgan fingerprint density at radius 1 is 1.44 bits per heavy atom. The summed E-state index contributed by atoms with van der Waals surface area (Å²) in [5, 5.41) is -0.0608. The summed E-state index contributed by atoms with van der Waals surface area (Å²) in [6.07, 6.45) is 0. The molecule has 0 aromatic heterocycles. The van der Waals surface area contributed by atoms with E-state index >= 15 is 0 Å². The Morgan fingerprint density at radius 2 is 2.11 bits per heavy atom. The van der Waals surface area contributed by atoms with Crippen molar-refractivity contribution >= 4 is 15.9 Å². The lowest BCUT2D eigenvalue weighted by Crippen LogP contribution is -2.05. The van der Waals surface area contributed by atoms with Crippen molar-refractivity contribution < 1.29 is 14.5 Å². The van der Waals surface area contributed by atoms with Crippen molar-refractivity contribution in [2.24, 2.45) is 0 Å². The predicted molar refractivity (Wildman–Crippen MR) is 37.3 cm³/mol. The van der Waals surface area contributed by atoms with Crippen molar-refractivity contribution in [3.05, 3.63) is 0 Å². The minimum Gasteiger partial charge on any atom is -0.382 e. The third-order valence-electron chi connectivity index (χ3n) is 0.571. The highest BCUT2D eigenvalue weighted by molar-refractivity contribution is 9.09. The van der Waals surface area contributed by atoms with Gasteiger partial charge in [0, 0.05) is 7.11 Å². The molecule has 0 aliphatic carbocycles. The van der Waals surface area contributed by atoms with E-state index in [0.29, 0.717) is 13.2 Å². The second kappa shape index (κ2) is 6.48. The van der Waals surface area contributed by atoms with Crippen LogP contribution in [-0.2, 0) is 14.5 Å². The Balaban J connectivity index is 2.75. The van der Waals surface area contributed by atoms with Crippen LogP contribution in [0.2, 0.25) is 0 Å². The van der Waals surface area contributed by atoms with Crippen molar-refractivity contribution in [3.8, 4) is 0 Å². The van der Waals surface area contributed by atoms with Gasteiger partial charge in [-0.25, -0.2) is 9.78 Å². The lowest BCUT2D eigenvalue weighted by molar-refractivity contribution is -0.303. The van der Waals surface area contributed by atoms with Gasteiger partial charge in [0.05, 0.1) is 6.61 Å². The summed E-state index contributed by atoms with van der Waals surface area (Å²) in [5.41, 5.74) is 0. The third-order valence-corrected chi connectivity index (χ3v) is 0.724. The molecular weight excluding hydrogens is 188 g/mol. The number of hydrogen-bond donors (Lipinski definition) is 0. The molecule has 1 atom stereocenters. The van der Waals surface area contributed by atoms with Crippen LogP contribution in [-0.4, -0.2) is 25.3 Å². The molecule has 0 spiro atoms. The minimum absolute atomic E-state index is 0.0608. The first-order valence-corrected chi connectivity index (χ1v) is 3.60. The fraction of sp³-hybridized carbons (Fsp3) is 1.00. The maximum Gasteiger partial charge on any atom is 0.145 e. The van der Waals surface area contributed by atoms with Crippen molar-refractivity contribution in [2.45, 2.75) is 11.9 Å². The van der Waals surface area contributed by atoms with E-state index in [1.165, 1.54) is 0 Å². The lowest BCUT2D eigenvalue weighted by atomic mass is 10.8. The molecule has 3 nitrogen and oxygen atoms in total. The summed E-state index contributed by atoms with van der Waals surface area (Å²) in [5.74, 6) is 0. The van der Waals surface area contributed by atoms with Crippen LogP contribution in [0.15, 0.2) is 0 Å².